The van der Waals surface area contributed by atoms with Crippen LogP contribution >= 0.6 is 0 Å². The van der Waals surface area contributed by atoms with Gasteiger partial charge in [-0.15, -0.1) is 0 Å². The van der Waals surface area contributed by atoms with Crippen LogP contribution < -0.4 is 4.74 Å². The molecule has 9 nitrogen and oxygen atoms in total. The van der Waals surface area contributed by atoms with E-state index < -0.39 is 48.4 Å². The zero-order valence-corrected chi connectivity index (χ0v) is 21.9. The van der Waals surface area contributed by atoms with E-state index in [1.54, 1.807) is 36.4 Å². The number of hydrogen-bond acceptors (Lipinski definition) is 8. The van der Waals surface area contributed by atoms with Crippen molar-refractivity contribution in [3.63, 3.8) is 0 Å². The number of imide groups is 3. The maximum atomic E-state index is 13.2. The zero-order chi connectivity index (χ0) is 28.1. The monoisotopic (exact) mass is 535 g/mol. The van der Waals surface area contributed by atoms with Crippen LogP contribution in [-0.4, -0.2) is 64.6 Å². The summed E-state index contributed by atoms with van der Waals surface area (Å²) in [7, 11) is 1.09. The van der Waals surface area contributed by atoms with Crippen molar-refractivity contribution in [3.8, 4) is 11.5 Å². The van der Waals surface area contributed by atoms with Gasteiger partial charge < -0.3 is 24.8 Å². The van der Waals surface area contributed by atoms with Gasteiger partial charge in [0, 0.05) is 5.92 Å². The quantitative estimate of drug-likeness (QED) is 0.327. The third kappa shape index (κ3) is 6.05. The van der Waals surface area contributed by atoms with Gasteiger partial charge >= 0.3 is 6.09 Å². The molecule has 1 fully saturated rings. The van der Waals surface area contributed by atoms with Gasteiger partial charge in [0.15, 0.2) is 0 Å². The lowest BCUT2D eigenvalue weighted by Gasteiger charge is -2.36. The lowest BCUT2D eigenvalue weighted by Crippen LogP contribution is -2.40. The molecule has 0 spiro atoms. The molecular weight excluding hydrogens is 502 g/mol. The second-order valence-corrected chi connectivity index (χ2v) is 9.90. The van der Waals surface area contributed by atoms with Crippen molar-refractivity contribution in [2.45, 2.75) is 32.3 Å². The maximum absolute atomic E-state index is 13.2. The van der Waals surface area contributed by atoms with Crippen LogP contribution in [0.15, 0.2) is 71.3 Å². The van der Waals surface area contributed by atoms with Gasteiger partial charge in [0.05, 0.1) is 31.7 Å². The van der Waals surface area contributed by atoms with E-state index in [2.05, 4.69) is 4.74 Å². The molecule has 39 heavy (non-hydrogen) atoms. The molecule has 2 aromatic rings. The highest BCUT2D eigenvalue weighted by molar-refractivity contribution is 6.16. The molecule has 0 unspecified atom stereocenters. The largest absolute Gasteiger partial charge is 0.508 e. The molecule has 4 atom stereocenters. The lowest BCUT2D eigenvalue weighted by molar-refractivity contribution is -0.137. The second-order valence-electron chi connectivity index (χ2n) is 9.90. The number of ether oxygens (including phenoxy) is 2. The molecule has 9 heteroatoms. The number of phenolic OH excluding ortho intramolecular Hbond substituents is 1. The van der Waals surface area contributed by atoms with E-state index in [-0.39, 0.29) is 18.8 Å². The molecule has 0 bridgehead atoms. The fraction of sp³-hybridized carbons (Fsp3) is 0.367. The number of rotatable bonds is 9. The van der Waals surface area contributed by atoms with E-state index in [4.69, 9.17) is 4.74 Å². The minimum Gasteiger partial charge on any atom is -0.508 e. The standard InChI is InChI=1S/C30H33NO8/c1-18(14-19-9-11-21(33)12-10-19)8-13-25(34)26-20(17-39-22-6-4-3-5-7-22)15-23-27(24(26)16-32)29(36)31(28(23)35)30(37)38-2/h3-7,9-12,14,23-25,27,32-34H,8,13,15-17H2,1-2H3/b18-14+/t23-,24+,25-,27-/m1/s1. The Bertz CT molecular complexity index is 1270. The second kappa shape index (κ2) is 12.3. The number of aromatic hydroxyl groups is 1. The van der Waals surface area contributed by atoms with Crippen LogP contribution in [0.3, 0.4) is 0 Å². The van der Waals surface area contributed by atoms with Gasteiger partial charge in [-0.1, -0.05) is 42.0 Å². The van der Waals surface area contributed by atoms with Crippen molar-refractivity contribution >= 4 is 24.0 Å². The van der Waals surface area contributed by atoms with Crippen molar-refractivity contribution < 1.29 is 39.2 Å². The average molecular weight is 536 g/mol. The van der Waals surface area contributed by atoms with Crippen molar-refractivity contribution in [2.75, 3.05) is 20.3 Å². The van der Waals surface area contributed by atoms with Crippen molar-refractivity contribution in [2.24, 2.45) is 17.8 Å². The van der Waals surface area contributed by atoms with Crippen molar-refractivity contribution in [1.82, 2.24) is 4.90 Å². The number of nitrogens with zero attached hydrogens (tertiary/aromatic N) is 1. The molecule has 3 amide bonds. The number of likely N-dealkylation sites (tertiary alicyclic amines) is 1. The number of benzene rings is 2. The number of allylic oxidation sites excluding steroid dienone is 1. The average Bonchev–Trinajstić information content (AvgIpc) is 3.20. The van der Waals surface area contributed by atoms with Crippen LogP contribution in [0, 0.1) is 17.8 Å². The van der Waals surface area contributed by atoms with E-state index in [1.807, 2.05) is 31.2 Å². The van der Waals surface area contributed by atoms with E-state index in [1.165, 1.54) is 0 Å². The number of aliphatic hydroxyl groups is 2. The Kier molecular flexibility index (Phi) is 8.83. The topological polar surface area (TPSA) is 134 Å². The molecule has 4 rings (SSSR count). The van der Waals surface area contributed by atoms with Crippen LogP contribution in [0.1, 0.15) is 31.7 Å². The van der Waals surface area contributed by atoms with Crippen molar-refractivity contribution in [1.29, 1.82) is 0 Å². The van der Waals surface area contributed by atoms with Crippen LogP contribution in [0.4, 0.5) is 4.79 Å². The molecule has 3 N–H and O–H groups in total. The van der Waals surface area contributed by atoms with E-state index in [0.717, 1.165) is 18.2 Å². The maximum Gasteiger partial charge on any atom is 0.423 e. The summed E-state index contributed by atoms with van der Waals surface area (Å²) >= 11 is 0. The van der Waals surface area contributed by atoms with Crippen LogP contribution in [0.5, 0.6) is 11.5 Å². The van der Waals surface area contributed by atoms with E-state index >= 15 is 0 Å². The normalized spacial score (nSPS) is 22.1. The van der Waals surface area contributed by atoms with Gasteiger partial charge in [0.1, 0.15) is 18.1 Å². The van der Waals surface area contributed by atoms with Gasteiger partial charge in [0.25, 0.3) is 0 Å². The first-order valence-electron chi connectivity index (χ1n) is 12.9. The van der Waals surface area contributed by atoms with Gasteiger partial charge in [-0.05, 0) is 67.2 Å². The third-order valence-corrected chi connectivity index (χ3v) is 7.37. The molecule has 0 radical (unpaired) electrons. The number of phenols is 1. The summed E-state index contributed by atoms with van der Waals surface area (Å²) in [5, 5.41) is 31.3. The molecule has 0 aromatic heterocycles. The fourth-order valence-electron chi connectivity index (χ4n) is 5.50. The predicted molar refractivity (Wildman–Crippen MR) is 142 cm³/mol. The SMILES string of the molecule is COC(=O)N1C(=O)[C@@H]2[C@@H](CC(COc3ccccc3)=C([C@H](O)CC/C(C)=C/c3ccc(O)cc3)[C@@H]2CO)C1=O. The highest BCUT2D eigenvalue weighted by Crippen LogP contribution is 2.46. The molecule has 1 saturated heterocycles. The molecule has 1 aliphatic carbocycles. The smallest absolute Gasteiger partial charge is 0.423 e. The Labute approximate surface area is 227 Å². The summed E-state index contributed by atoms with van der Waals surface area (Å²) in [6.07, 6.45) is 0.813. The molecule has 206 valence electrons. The van der Waals surface area contributed by atoms with Gasteiger partial charge in [-0.25, -0.2) is 4.79 Å². The fourth-order valence-corrected chi connectivity index (χ4v) is 5.50. The van der Waals surface area contributed by atoms with Crippen LogP contribution in [0.25, 0.3) is 6.08 Å². The number of methoxy groups -OCH3 is 1. The summed E-state index contributed by atoms with van der Waals surface area (Å²) in [6.45, 7) is 1.50. The summed E-state index contributed by atoms with van der Waals surface area (Å²) in [5.41, 5.74) is 2.99. The third-order valence-electron chi connectivity index (χ3n) is 7.37. The van der Waals surface area contributed by atoms with Gasteiger partial charge in [-0.3, -0.25) is 9.59 Å². The number of carbonyl (C=O) groups is 3. The van der Waals surface area contributed by atoms with E-state index in [9.17, 15) is 29.7 Å². The highest BCUT2D eigenvalue weighted by atomic mass is 16.5. The van der Waals surface area contributed by atoms with Crippen LogP contribution in [0.2, 0.25) is 0 Å². The summed E-state index contributed by atoms with van der Waals surface area (Å²) < 4.78 is 10.6. The Balaban J connectivity index is 1.62. The number of aliphatic hydroxyl groups excluding tert-OH is 2. The first kappa shape index (κ1) is 28.1. The summed E-state index contributed by atoms with van der Waals surface area (Å²) in [6, 6.07) is 15.8. The van der Waals surface area contributed by atoms with Crippen molar-refractivity contribution in [3.05, 3.63) is 76.9 Å². The van der Waals surface area contributed by atoms with Crippen LogP contribution in [-0.2, 0) is 14.3 Å². The Hall–Kier alpha value is -3.95. The molecule has 2 aliphatic rings. The zero-order valence-electron chi connectivity index (χ0n) is 21.9. The number of hydrogen-bond donors (Lipinski definition) is 3. The molecule has 1 heterocycles. The van der Waals surface area contributed by atoms with E-state index in [0.29, 0.717) is 34.6 Å². The number of carbonyl (C=O) groups excluding carboxylic acids is 3. The molecule has 0 saturated carbocycles. The Morgan fingerprint density at radius 2 is 1.79 bits per heavy atom. The highest BCUT2D eigenvalue weighted by Gasteiger charge is 2.57. The number of amides is 3. The minimum atomic E-state index is -1.06. The summed E-state index contributed by atoms with van der Waals surface area (Å²) in [5.74, 6) is -3.34. The predicted octanol–water partition coefficient (Wildman–Crippen LogP) is 3.69. The first-order valence-corrected chi connectivity index (χ1v) is 12.9. The molecular formula is C30H33NO8. The summed E-state index contributed by atoms with van der Waals surface area (Å²) in [4.78, 5) is 39.0. The number of para-hydroxylation sites is 1. The first-order chi connectivity index (χ1) is 18.7. The number of fused-ring (bicyclic) bond motifs is 1. The van der Waals surface area contributed by atoms with Gasteiger partial charge in [0.2, 0.25) is 11.8 Å². The lowest BCUT2D eigenvalue weighted by atomic mass is 9.68. The Morgan fingerprint density at radius 1 is 1.10 bits per heavy atom. The molecule has 2 aromatic carbocycles. The molecule has 1 aliphatic heterocycles. The Morgan fingerprint density at radius 3 is 2.44 bits per heavy atom. The van der Waals surface area contributed by atoms with Gasteiger partial charge in [-0.2, -0.15) is 4.90 Å². The minimum absolute atomic E-state index is 0.0537.